The van der Waals surface area contributed by atoms with Crippen LogP contribution in [0.2, 0.25) is 0 Å². The highest BCUT2D eigenvalue weighted by atomic mass is 32.1. The van der Waals surface area contributed by atoms with Crippen LogP contribution >= 0.6 is 11.5 Å². The Bertz CT molecular complexity index is 670. The van der Waals surface area contributed by atoms with Gasteiger partial charge in [0.1, 0.15) is 5.82 Å². The van der Waals surface area contributed by atoms with E-state index in [9.17, 15) is 22.4 Å². The van der Waals surface area contributed by atoms with Crippen molar-refractivity contribution in [3.63, 3.8) is 0 Å². The monoisotopic (exact) mass is 320 g/mol. The first kappa shape index (κ1) is 15.4. The molecule has 0 spiro atoms. The van der Waals surface area contributed by atoms with Gasteiger partial charge >= 0.3 is 12.1 Å². The number of carbonyl (C=O) groups excluding carboxylic acids is 1. The summed E-state index contributed by atoms with van der Waals surface area (Å²) in [6, 6.07) is 2.33. The second kappa shape index (κ2) is 5.76. The molecule has 0 saturated heterocycles. The Morgan fingerprint density at radius 3 is 2.67 bits per heavy atom. The van der Waals surface area contributed by atoms with Gasteiger partial charge in [-0.05, 0) is 30.6 Å². The Morgan fingerprint density at radius 1 is 1.38 bits per heavy atom. The molecule has 0 aliphatic rings. The van der Waals surface area contributed by atoms with Gasteiger partial charge in [-0.3, -0.25) is 0 Å². The average Bonchev–Trinajstić information content (AvgIpc) is 2.87. The molecule has 21 heavy (non-hydrogen) atoms. The van der Waals surface area contributed by atoms with Crippen molar-refractivity contribution in [2.24, 2.45) is 0 Å². The first-order chi connectivity index (χ1) is 9.82. The summed E-state index contributed by atoms with van der Waals surface area (Å²) in [5.74, 6) is -2.14. The fraction of sp³-hybridized carbons (Fsp3) is 0.250. The summed E-state index contributed by atoms with van der Waals surface area (Å²) >= 11 is 0.728. The number of benzene rings is 1. The number of alkyl halides is 3. The first-order valence-corrected chi connectivity index (χ1v) is 6.48. The lowest BCUT2D eigenvalue weighted by Crippen LogP contribution is -2.08. The summed E-state index contributed by atoms with van der Waals surface area (Å²) in [7, 11) is 0. The van der Waals surface area contributed by atoms with Gasteiger partial charge in [0, 0.05) is 5.56 Å². The fourth-order valence-electron chi connectivity index (χ4n) is 1.50. The Morgan fingerprint density at radius 2 is 2.10 bits per heavy atom. The van der Waals surface area contributed by atoms with E-state index in [-0.39, 0.29) is 23.0 Å². The van der Waals surface area contributed by atoms with Crippen LogP contribution in [0, 0.1) is 5.82 Å². The smallest absolute Gasteiger partial charge is 0.419 e. The van der Waals surface area contributed by atoms with E-state index in [1.165, 1.54) is 0 Å². The molecule has 0 amide bonds. The Balaban J connectivity index is 2.31. The molecule has 4 nitrogen and oxygen atoms in total. The number of rotatable bonds is 3. The standard InChI is InChI=1S/C12H8F4N2O2S/c1-2-20-11(19)10-17-9(18-21-10)6-3-4-7(8(13)5-6)12(14,15)16/h3-5H,2H2,1H3. The zero-order chi connectivity index (χ0) is 15.6. The average molecular weight is 320 g/mol. The lowest BCUT2D eigenvalue weighted by atomic mass is 10.1. The van der Waals surface area contributed by atoms with E-state index < -0.39 is 23.5 Å². The van der Waals surface area contributed by atoms with Gasteiger partial charge in [-0.2, -0.15) is 17.5 Å². The van der Waals surface area contributed by atoms with Crippen LogP contribution in [0.4, 0.5) is 17.6 Å². The maximum Gasteiger partial charge on any atom is 0.419 e. The van der Waals surface area contributed by atoms with Crippen molar-refractivity contribution in [3.8, 4) is 11.4 Å². The molecule has 0 unspecified atom stereocenters. The van der Waals surface area contributed by atoms with E-state index in [1.807, 2.05) is 0 Å². The second-order valence-electron chi connectivity index (χ2n) is 3.84. The van der Waals surface area contributed by atoms with Gasteiger partial charge in [-0.15, -0.1) is 0 Å². The number of aromatic nitrogens is 2. The summed E-state index contributed by atoms with van der Waals surface area (Å²) in [6.45, 7) is 1.77. The molecule has 9 heteroatoms. The van der Waals surface area contributed by atoms with Crippen LogP contribution in [-0.4, -0.2) is 21.9 Å². The van der Waals surface area contributed by atoms with Crippen molar-refractivity contribution in [1.82, 2.24) is 9.36 Å². The molecule has 2 rings (SSSR count). The van der Waals surface area contributed by atoms with Crippen molar-refractivity contribution >= 4 is 17.5 Å². The number of nitrogens with zero attached hydrogens (tertiary/aromatic N) is 2. The molecular formula is C12H8F4N2O2S. The second-order valence-corrected chi connectivity index (χ2v) is 4.59. The van der Waals surface area contributed by atoms with Crippen LogP contribution in [0.1, 0.15) is 22.3 Å². The van der Waals surface area contributed by atoms with Gasteiger partial charge in [-0.1, -0.05) is 6.07 Å². The molecule has 2 aromatic rings. The normalized spacial score (nSPS) is 11.5. The third-order valence-corrected chi connectivity index (χ3v) is 3.10. The maximum atomic E-state index is 13.5. The zero-order valence-electron chi connectivity index (χ0n) is 10.6. The summed E-state index contributed by atoms with van der Waals surface area (Å²) in [5.41, 5.74) is -1.32. The van der Waals surface area contributed by atoms with Gasteiger partial charge in [-0.25, -0.2) is 14.2 Å². The topological polar surface area (TPSA) is 52.1 Å². The van der Waals surface area contributed by atoms with Crippen LogP contribution in [0.25, 0.3) is 11.4 Å². The lowest BCUT2D eigenvalue weighted by molar-refractivity contribution is -0.139. The van der Waals surface area contributed by atoms with E-state index in [0.717, 1.165) is 17.6 Å². The molecule has 1 heterocycles. The number of esters is 1. The van der Waals surface area contributed by atoms with E-state index in [0.29, 0.717) is 12.1 Å². The predicted molar refractivity (Wildman–Crippen MR) is 66.3 cm³/mol. The van der Waals surface area contributed by atoms with Crippen molar-refractivity contribution in [1.29, 1.82) is 0 Å². The number of halogens is 4. The van der Waals surface area contributed by atoms with Crippen molar-refractivity contribution in [3.05, 3.63) is 34.6 Å². The fourth-order valence-corrected chi connectivity index (χ4v) is 2.08. The maximum absolute atomic E-state index is 13.5. The third-order valence-electron chi connectivity index (χ3n) is 2.41. The highest BCUT2D eigenvalue weighted by Gasteiger charge is 2.34. The number of hydrogen-bond donors (Lipinski definition) is 0. The van der Waals surface area contributed by atoms with E-state index in [2.05, 4.69) is 9.36 Å². The molecule has 112 valence electrons. The molecule has 0 saturated carbocycles. The van der Waals surface area contributed by atoms with Crippen LogP contribution < -0.4 is 0 Å². The summed E-state index contributed by atoms with van der Waals surface area (Å²) in [4.78, 5) is 15.2. The lowest BCUT2D eigenvalue weighted by Gasteiger charge is -2.08. The van der Waals surface area contributed by atoms with Crippen LogP contribution in [0.15, 0.2) is 18.2 Å². The van der Waals surface area contributed by atoms with E-state index in [4.69, 9.17) is 4.74 Å². The van der Waals surface area contributed by atoms with Crippen molar-refractivity contribution < 1.29 is 27.1 Å². The van der Waals surface area contributed by atoms with Crippen molar-refractivity contribution in [2.75, 3.05) is 6.61 Å². The first-order valence-electron chi connectivity index (χ1n) is 5.71. The predicted octanol–water partition coefficient (Wildman–Crippen LogP) is 3.54. The molecule has 0 atom stereocenters. The minimum absolute atomic E-state index is 0.0318. The molecule has 0 bridgehead atoms. The van der Waals surface area contributed by atoms with Gasteiger partial charge < -0.3 is 4.74 Å². The molecule has 1 aromatic heterocycles. The number of carbonyl (C=O) groups is 1. The number of hydrogen-bond acceptors (Lipinski definition) is 5. The SMILES string of the molecule is CCOC(=O)c1nc(-c2ccc(C(F)(F)F)c(F)c2)ns1. The van der Waals surface area contributed by atoms with Gasteiger partial charge in [0.05, 0.1) is 12.2 Å². The van der Waals surface area contributed by atoms with E-state index >= 15 is 0 Å². The Kier molecular flexibility index (Phi) is 4.21. The molecule has 0 radical (unpaired) electrons. The highest BCUT2D eigenvalue weighted by molar-refractivity contribution is 7.07. The Hall–Kier alpha value is -2.03. The highest BCUT2D eigenvalue weighted by Crippen LogP contribution is 2.33. The summed E-state index contributed by atoms with van der Waals surface area (Å²) < 4.78 is 59.3. The summed E-state index contributed by atoms with van der Waals surface area (Å²) in [6.07, 6.45) is -4.77. The van der Waals surface area contributed by atoms with Crippen LogP contribution in [0.3, 0.4) is 0 Å². The third kappa shape index (κ3) is 3.35. The molecule has 0 aliphatic carbocycles. The molecule has 0 aliphatic heterocycles. The molecule has 1 aromatic carbocycles. The Labute approximate surface area is 120 Å². The summed E-state index contributed by atoms with van der Waals surface area (Å²) in [5, 5.41) is -0.0489. The van der Waals surface area contributed by atoms with Crippen LogP contribution in [-0.2, 0) is 10.9 Å². The molecule has 0 N–H and O–H groups in total. The number of ether oxygens (including phenoxy) is 1. The minimum atomic E-state index is -4.77. The van der Waals surface area contributed by atoms with Gasteiger partial charge in [0.15, 0.2) is 5.82 Å². The minimum Gasteiger partial charge on any atom is -0.461 e. The largest absolute Gasteiger partial charge is 0.461 e. The van der Waals surface area contributed by atoms with Crippen LogP contribution in [0.5, 0.6) is 0 Å². The zero-order valence-corrected chi connectivity index (χ0v) is 11.4. The van der Waals surface area contributed by atoms with Crippen molar-refractivity contribution in [2.45, 2.75) is 13.1 Å². The van der Waals surface area contributed by atoms with Gasteiger partial charge in [0.25, 0.3) is 0 Å². The van der Waals surface area contributed by atoms with Gasteiger partial charge in [0.2, 0.25) is 5.01 Å². The quantitative estimate of drug-likeness (QED) is 0.641. The molecule has 0 fully saturated rings. The molecular weight excluding hydrogens is 312 g/mol. The van der Waals surface area contributed by atoms with E-state index in [1.54, 1.807) is 6.92 Å².